The van der Waals surface area contributed by atoms with E-state index in [1.807, 2.05) is 19.3 Å². The van der Waals surface area contributed by atoms with Crippen molar-refractivity contribution in [3.05, 3.63) is 12.4 Å². The van der Waals surface area contributed by atoms with Crippen LogP contribution in [0.4, 0.5) is 5.95 Å². The van der Waals surface area contributed by atoms with Gasteiger partial charge in [-0.15, -0.1) is 0 Å². The van der Waals surface area contributed by atoms with E-state index in [4.69, 9.17) is 4.74 Å². The molecule has 1 N–H and O–H groups in total. The Morgan fingerprint density at radius 1 is 1.45 bits per heavy atom. The van der Waals surface area contributed by atoms with Crippen molar-refractivity contribution >= 4 is 5.95 Å². The van der Waals surface area contributed by atoms with Gasteiger partial charge in [0.25, 0.3) is 0 Å². The predicted octanol–water partition coefficient (Wildman–Crippen LogP) is 2.21. The SMILES string of the molecule is CCOCCCn1ccnc1NCC1(N(C)C)CCC1. The lowest BCUT2D eigenvalue weighted by Gasteiger charge is -2.47. The molecule has 1 fully saturated rings. The van der Waals surface area contributed by atoms with Crippen LogP contribution < -0.4 is 5.32 Å². The Morgan fingerprint density at radius 2 is 2.25 bits per heavy atom. The van der Waals surface area contributed by atoms with E-state index in [1.165, 1.54) is 19.3 Å². The Morgan fingerprint density at radius 3 is 2.85 bits per heavy atom. The number of hydrogen-bond acceptors (Lipinski definition) is 4. The van der Waals surface area contributed by atoms with Crippen LogP contribution in [0.5, 0.6) is 0 Å². The molecule has 20 heavy (non-hydrogen) atoms. The van der Waals surface area contributed by atoms with Crippen molar-refractivity contribution in [1.82, 2.24) is 14.5 Å². The minimum atomic E-state index is 0.322. The molecule has 1 aromatic heterocycles. The fourth-order valence-electron chi connectivity index (χ4n) is 2.75. The lowest BCUT2D eigenvalue weighted by Crippen LogP contribution is -2.54. The molecule has 1 aliphatic rings. The molecule has 0 radical (unpaired) electrons. The summed E-state index contributed by atoms with van der Waals surface area (Å²) in [5.74, 6) is 0.981. The molecule has 0 aliphatic heterocycles. The van der Waals surface area contributed by atoms with Gasteiger partial charge >= 0.3 is 0 Å². The highest BCUT2D eigenvalue weighted by Gasteiger charge is 2.38. The van der Waals surface area contributed by atoms with E-state index >= 15 is 0 Å². The summed E-state index contributed by atoms with van der Waals surface area (Å²) in [5, 5.41) is 3.53. The number of ether oxygens (including phenoxy) is 1. The van der Waals surface area contributed by atoms with Crippen molar-refractivity contribution < 1.29 is 4.74 Å². The zero-order valence-corrected chi connectivity index (χ0v) is 13.1. The number of likely N-dealkylation sites (N-methyl/N-ethyl adjacent to an activating group) is 1. The average molecular weight is 280 g/mol. The first kappa shape index (κ1) is 15.3. The number of anilines is 1. The quantitative estimate of drug-likeness (QED) is 0.704. The third-order valence-electron chi connectivity index (χ3n) is 4.42. The van der Waals surface area contributed by atoms with Crippen molar-refractivity contribution in [1.29, 1.82) is 0 Å². The largest absolute Gasteiger partial charge is 0.382 e. The molecule has 0 amide bonds. The maximum Gasteiger partial charge on any atom is 0.202 e. The highest BCUT2D eigenvalue weighted by Crippen LogP contribution is 2.36. The third kappa shape index (κ3) is 3.52. The highest BCUT2D eigenvalue weighted by atomic mass is 16.5. The summed E-state index contributed by atoms with van der Waals surface area (Å²) in [7, 11) is 4.35. The van der Waals surface area contributed by atoms with Crippen molar-refractivity contribution in [3.63, 3.8) is 0 Å². The molecule has 5 nitrogen and oxygen atoms in total. The first-order valence-electron chi connectivity index (χ1n) is 7.68. The van der Waals surface area contributed by atoms with Gasteiger partial charge in [-0.2, -0.15) is 0 Å². The second-order valence-electron chi connectivity index (χ2n) is 5.82. The van der Waals surface area contributed by atoms with Crippen LogP contribution in [0.1, 0.15) is 32.6 Å². The van der Waals surface area contributed by atoms with Crippen molar-refractivity contribution in [2.24, 2.45) is 0 Å². The van der Waals surface area contributed by atoms with E-state index in [1.54, 1.807) is 0 Å². The van der Waals surface area contributed by atoms with Gasteiger partial charge in [0.2, 0.25) is 5.95 Å². The van der Waals surface area contributed by atoms with E-state index in [2.05, 4.69) is 33.9 Å². The van der Waals surface area contributed by atoms with Gasteiger partial charge in [-0.3, -0.25) is 0 Å². The zero-order chi connectivity index (χ0) is 14.4. The molecule has 0 unspecified atom stereocenters. The van der Waals surface area contributed by atoms with Crippen LogP contribution in [-0.4, -0.2) is 53.8 Å². The van der Waals surface area contributed by atoms with E-state index < -0.39 is 0 Å². The Kier molecular flexibility index (Phi) is 5.43. The predicted molar refractivity (Wildman–Crippen MR) is 82.1 cm³/mol. The second-order valence-corrected chi connectivity index (χ2v) is 5.82. The number of hydrogen-bond donors (Lipinski definition) is 1. The molecule has 1 aromatic rings. The number of imidazole rings is 1. The maximum absolute atomic E-state index is 5.38. The summed E-state index contributed by atoms with van der Waals surface area (Å²) in [6, 6.07) is 0. The third-order valence-corrected chi connectivity index (χ3v) is 4.42. The van der Waals surface area contributed by atoms with Crippen LogP contribution in [0, 0.1) is 0 Å². The van der Waals surface area contributed by atoms with Gasteiger partial charge in [0.1, 0.15) is 0 Å². The molecular formula is C15H28N4O. The van der Waals surface area contributed by atoms with Crippen LogP contribution in [0.25, 0.3) is 0 Å². The Labute approximate surface area is 122 Å². The molecule has 2 rings (SSSR count). The van der Waals surface area contributed by atoms with Gasteiger partial charge in [0, 0.05) is 44.2 Å². The van der Waals surface area contributed by atoms with Gasteiger partial charge in [-0.1, -0.05) is 0 Å². The molecule has 5 heteroatoms. The molecular weight excluding hydrogens is 252 g/mol. The Hall–Kier alpha value is -1.07. The summed E-state index contributed by atoms with van der Waals surface area (Å²) < 4.78 is 7.56. The lowest BCUT2D eigenvalue weighted by atomic mass is 9.75. The van der Waals surface area contributed by atoms with Crippen LogP contribution in [-0.2, 0) is 11.3 Å². The molecule has 1 aliphatic carbocycles. The summed E-state index contributed by atoms with van der Waals surface area (Å²) in [6.45, 7) is 5.57. The standard InChI is InChI=1S/C15H28N4O/c1-4-20-12-6-10-19-11-9-16-14(19)17-13-15(18(2)3)7-5-8-15/h9,11H,4-8,10,12-13H2,1-3H3,(H,16,17). The van der Waals surface area contributed by atoms with Gasteiger partial charge in [0.05, 0.1) is 0 Å². The highest BCUT2D eigenvalue weighted by molar-refractivity contribution is 5.27. The van der Waals surface area contributed by atoms with Crippen LogP contribution in [0.15, 0.2) is 12.4 Å². The van der Waals surface area contributed by atoms with Gasteiger partial charge in [0.15, 0.2) is 0 Å². The number of nitrogens with one attached hydrogen (secondary N) is 1. The fourth-order valence-corrected chi connectivity index (χ4v) is 2.75. The normalized spacial score (nSPS) is 17.2. The van der Waals surface area contributed by atoms with Crippen LogP contribution in [0.3, 0.4) is 0 Å². The Bertz CT molecular complexity index is 398. The first-order chi connectivity index (χ1) is 9.68. The van der Waals surface area contributed by atoms with E-state index in [-0.39, 0.29) is 0 Å². The number of aromatic nitrogens is 2. The van der Waals surface area contributed by atoms with E-state index in [9.17, 15) is 0 Å². The smallest absolute Gasteiger partial charge is 0.202 e. The van der Waals surface area contributed by atoms with Gasteiger partial charge in [-0.05, 0) is 46.7 Å². The molecule has 1 saturated carbocycles. The molecule has 1 heterocycles. The zero-order valence-electron chi connectivity index (χ0n) is 13.1. The Balaban J connectivity index is 1.82. The lowest BCUT2D eigenvalue weighted by molar-refractivity contribution is 0.0736. The molecule has 0 saturated heterocycles. The summed E-state index contributed by atoms with van der Waals surface area (Å²) >= 11 is 0. The summed E-state index contributed by atoms with van der Waals surface area (Å²) in [6.07, 6.45) is 8.82. The molecule has 0 aromatic carbocycles. The van der Waals surface area contributed by atoms with Crippen molar-refractivity contribution in [2.45, 2.75) is 44.7 Å². The number of rotatable bonds is 9. The first-order valence-corrected chi connectivity index (χ1v) is 7.68. The molecule has 0 spiro atoms. The monoisotopic (exact) mass is 280 g/mol. The average Bonchev–Trinajstić information content (AvgIpc) is 2.80. The molecule has 114 valence electrons. The van der Waals surface area contributed by atoms with Crippen LogP contribution >= 0.6 is 0 Å². The number of aryl methyl sites for hydroxylation is 1. The van der Waals surface area contributed by atoms with Gasteiger partial charge < -0.3 is 19.5 Å². The van der Waals surface area contributed by atoms with E-state index in [0.717, 1.165) is 38.7 Å². The number of nitrogens with zero attached hydrogens (tertiary/aromatic N) is 3. The minimum Gasteiger partial charge on any atom is -0.382 e. The van der Waals surface area contributed by atoms with Crippen LogP contribution in [0.2, 0.25) is 0 Å². The van der Waals surface area contributed by atoms with Gasteiger partial charge in [-0.25, -0.2) is 4.98 Å². The molecule has 0 atom stereocenters. The topological polar surface area (TPSA) is 42.3 Å². The second kappa shape index (κ2) is 7.09. The summed E-state index contributed by atoms with van der Waals surface area (Å²) in [5.41, 5.74) is 0.322. The fraction of sp³-hybridized carbons (Fsp3) is 0.800. The molecule has 0 bridgehead atoms. The van der Waals surface area contributed by atoms with E-state index in [0.29, 0.717) is 5.54 Å². The minimum absolute atomic E-state index is 0.322. The van der Waals surface area contributed by atoms with Crippen molar-refractivity contribution in [3.8, 4) is 0 Å². The summed E-state index contributed by atoms with van der Waals surface area (Å²) in [4.78, 5) is 6.78. The van der Waals surface area contributed by atoms with Crippen molar-refractivity contribution in [2.75, 3.05) is 39.2 Å². The maximum atomic E-state index is 5.38.